The number of halogens is 2. The van der Waals surface area contributed by atoms with Crippen LogP contribution in [0.1, 0.15) is 13.3 Å². The molecule has 1 fully saturated rings. The molecule has 1 aliphatic heterocycles. The van der Waals surface area contributed by atoms with Crippen LogP contribution >= 0.6 is 0 Å². The topological polar surface area (TPSA) is 79.0 Å². The molecule has 10 heteroatoms. The van der Waals surface area contributed by atoms with E-state index >= 15 is 0 Å². The standard InChI is InChI=1S/C16H23F2N3O4S/c1-2-25-11-3-6-19-16(22)20-7-9-21(10-8-20)26(23,24)15-12-13(17)4-5-14(15)18/h4-5,12H,2-3,6-11H2,1H3,(H,19,22). The van der Waals surface area contributed by atoms with Gasteiger partial charge in [-0.05, 0) is 31.5 Å². The average molecular weight is 391 g/mol. The fourth-order valence-corrected chi connectivity index (χ4v) is 4.07. The van der Waals surface area contributed by atoms with Crippen molar-refractivity contribution in [2.75, 3.05) is 45.9 Å². The number of hydrogen-bond acceptors (Lipinski definition) is 4. The maximum Gasteiger partial charge on any atom is 0.317 e. The van der Waals surface area contributed by atoms with Crippen LogP contribution in [-0.4, -0.2) is 69.6 Å². The van der Waals surface area contributed by atoms with E-state index in [2.05, 4.69) is 5.32 Å². The molecule has 0 aliphatic carbocycles. The molecule has 0 saturated carbocycles. The second-order valence-electron chi connectivity index (χ2n) is 5.75. The third-order valence-electron chi connectivity index (χ3n) is 3.98. The Labute approximate surface area is 152 Å². The van der Waals surface area contributed by atoms with Crippen LogP contribution in [0.2, 0.25) is 0 Å². The summed E-state index contributed by atoms with van der Waals surface area (Å²) in [4.78, 5) is 12.9. The van der Waals surface area contributed by atoms with Crippen LogP contribution < -0.4 is 5.32 Å². The van der Waals surface area contributed by atoms with E-state index in [4.69, 9.17) is 4.74 Å². The predicted octanol–water partition coefficient (Wildman–Crippen LogP) is 1.41. The third-order valence-corrected chi connectivity index (χ3v) is 5.90. The van der Waals surface area contributed by atoms with Crippen molar-refractivity contribution < 1.29 is 26.7 Å². The highest BCUT2D eigenvalue weighted by Crippen LogP contribution is 2.21. The van der Waals surface area contributed by atoms with E-state index in [0.29, 0.717) is 32.2 Å². The van der Waals surface area contributed by atoms with Gasteiger partial charge in [-0.15, -0.1) is 0 Å². The molecule has 0 bridgehead atoms. The molecule has 1 heterocycles. The quantitative estimate of drug-likeness (QED) is 0.713. The van der Waals surface area contributed by atoms with Gasteiger partial charge < -0.3 is 15.0 Å². The summed E-state index contributed by atoms with van der Waals surface area (Å²) in [5.74, 6) is -1.82. The molecule has 0 aromatic heterocycles. The summed E-state index contributed by atoms with van der Waals surface area (Å²) < 4.78 is 58.3. The molecule has 0 atom stereocenters. The highest BCUT2D eigenvalue weighted by molar-refractivity contribution is 7.89. The first-order chi connectivity index (χ1) is 12.4. The van der Waals surface area contributed by atoms with Gasteiger partial charge >= 0.3 is 6.03 Å². The van der Waals surface area contributed by atoms with Crippen LogP contribution in [-0.2, 0) is 14.8 Å². The number of amides is 2. The average Bonchev–Trinajstić information content (AvgIpc) is 2.63. The van der Waals surface area contributed by atoms with Crippen molar-refractivity contribution in [1.82, 2.24) is 14.5 Å². The van der Waals surface area contributed by atoms with E-state index in [0.717, 1.165) is 16.4 Å². The van der Waals surface area contributed by atoms with Gasteiger partial charge in [0.05, 0.1) is 0 Å². The lowest BCUT2D eigenvalue weighted by Gasteiger charge is -2.34. The minimum Gasteiger partial charge on any atom is -0.382 e. The zero-order valence-corrected chi connectivity index (χ0v) is 15.4. The number of sulfonamides is 1. The van der Waals surface area contributed by atoms with Crippen molar-refractivity contribution in [1.29, 1.82) is 0 Å². The smallest absolute Gasteiger partial charge is 0.317 e. The molecule has 2 rings (SSSR count). The Bertz CT molecular complexity index is 722. The summed E-state index contributed by atoms with van der Waals surface area (Å²) in [6.07, 6.45) is 0.687. The monoisotopic (exact) mass is 391 g/mol. The van der Waals surface area contributed by atoms with Crippen LogP contribution in [0.4, 0.5) is 13.6 Å². The van der Waals surface area contributed by atoms with Crippen molar-refractivity contribution >= 4 is 16.1 Å². The fraction of sp³-hybridized carbons (Fsp3) is 0.562. The summed E-state index contributed by atoms with van der Waals surface area (Å²) in [7, 11) is -4.15. The Hall–Kier alpha value is -1.78. The Morgan fingerprint density at radius 1 is 1.23 bits per heavy atom. The molecular formula is C16H23F2N3O4S. The summed E-state index contributed by atoms with van der Waals surface area (Å²) in [6, 6.07) is 2.04. The van der Waals surface area contributed by atoms with E-state index in [1.807, 2.05) is 6.92 Å². The van der Waals surface area contributed by atoms with Crippen LogP contribution in [0, 0.1) is 11.6 Å². The minimum atomic E-state index is -4.15. The van der Waals surface area contributed by atoms with Crippen LogP contribution in [0.3, 0.4) is 0 Å². The Kier molecular flexibility index (Phi) is 7.30. The number of rotatable bonds is 7. The van der Waals surface area contributed by atoms with Gasteiger partial charge in [-0.3, -0.25) is 0 Å². The highest BCUT2D eigenvalue weighted by Gasteiger charge is 2.32. The molecule has 1 saturated heterocycles. The molecule has 1 aliphatic rings. The molecule has 0 radical (unpaired) electrons. The highest BCUT2D eigenvalue weighted by atomic mass is 32.2. The predicted molar refractivity (Wildman–Crippen MR) is 91.2 cm³/mol. The lowest BCUT2D eigenvalue weighted by Crippen LogP contribution is -2.53. The summed E-state index contributed by atoms with van der Waals surface area (Å²) in [6.45, 7) is 3.92. The number of urea groups is 1. The fourth-order valence-electron chi connectivity index (χ4n) is 2.57. The molecule has 1 N–H and O–H groups in total. The number of hydrogen-bond donors (Lipinski definition) is 1. The van der Waals surface area contributed by atoms with E-state index in [-0.39, 0.29) is 32.2 Å². The van der Waals surface area contributed by atoms with Gasteiger partial charge in [0.15, 0.2) is 0 Å². The van der Waals surface area contributed by atoms with Crippen molar-refractivity contribution in [3.63, 3.8) is 0 Å². The number of piperazine rings is 1. The van der Waals surface area contributed by atoms with Gasteiger partial charge in [0.25, 0.3) is 0 Å². The zero-order valence-electron chi connectivity index (χ0n) is 14.6. The lowest BCUT2D eigenvalue weighted by atomic mass is 10.3. The number of carbonyl (C=O) groups excluding carboxylic acids is 1. The van der Waals surface area contributed by atoms with E-state index in [1.165, 1.54) is 4.90 Å². The largest absolute Gasteiger partial charge is 0.382 e. The molecule has 1 aromatic carbocycles. The number of ether oxygens (including phenoxy) is 1. The van der Waals surface area contributed by atoms with Gasteiger partial charge in [-0.25, -0.2) is 22.0 Å². The van der Waals surface area contributed by atoms with Crippen LogP contribution in [0.25, 0.3) is 0 Å². The van der Waals surface area contributed by atoms with Gasteiger partial charge in [0.2, 0.25) is 10.0 Å². The van der Waals surface area contributed by atoms with Crippen LogP contribution in [0.5, 0.6) is 0 Å². The number of carbonyl (C=O) groups is 1. The molecule has 2 amide bonds. The van der Waals surface area contributed by atoms with Crippen molar-refractivity contribution in [2.24, 2.45) is 0 Å². The first-order valence-corrected chi connectivity index (χ1v) is 9.86. The maximum absolute atomic E-state index is 13.8. The first kappa shape index (κ1) is 20.5. The van der Waals surface area contributed by atoms with Gasteiger partial charge in [0.1, 0.15) is 16.5 Å². The first-order valence-electron chi connectivity index (χ1n) is 8.42. The van der Waals surface area contributed by atoms with Crippen molar-refractivity contribution in [3.05, 3.63) is 29.8 Å². The summed E-state index contributed by atoms with van der Waals surface area (Å²) in [5.41, 5.74) is 0. The normalized spacial score (nSPS) is 15.9. The van der Waals surface area contributed by atoms with E-state index in [9.17, 15) is 22.0 Å². The Morgan fingerprint density at radius 2 is 1.92 bits per heavy atom. The van der Waals surface area contributed by atoms with Gasteiger partial charge in [-0.1, -0.05) is 0 Å². The van der Waals surface area contributed by atoms with E-state index < -0.39 is 26.6 Å². The SMILES string of the molecule is CCOCCCNC(=O)N1CCN(S(=O)(=O)c2cc(F)ccc2F)CC1. The second kappa shape index (κ2) is 9.24. The third kappa shape index (κ3) is 5.12. The number of nitrogens with one attached hydrogen (secondary N) is 1. The molecule has 0 unspecified atom stereocenters. The van der Waals surface area contributed by atoms with Gasteiger partial charge in [0, 0.05) is 45.9 Å². The molecular weight excluding hydrogens is 368 g/mol. The molecule has 146 valence electrons. The Balaban J connectivity index is 1.89. The molecule has 7 nitrogen and oxygen atoms in total. The van der Waals surface area contributed by atoms with E-state index in [1.54, 1.807) is 0 Å². The lowest BCUT2D eigenvalue weighted by molar-refractivity contribution is 0.142. The summed E-state index contributed by atoms with van der Waals surface area (Å²) >= 11 is 0. The Morgan fingerprint density at radius 3 is 2.58 bits per heavy atom. The van der Waals surface area contributed by atoms with Gasteiger partial charge in [-0.2, -0.15) is 4.31 Å². The number of nitrogens with zero attached hydrogens (tertiary/aromatic N) is 2. The zero-order chi connectivity index (χ0) is 19.2. The summed E-state index contributed by atoms with van der Waals surface area (Å²) in [5, 5.41) is 2.74. The molecule has 1 aromatic rings. The maximum atomic E-state index is 13.8. The molecule has 0 spiro atoms. The molecule has 26 heavy (non-hydrogen) atoms. The second-order valence-corrected chi connectivity index (χ2v) is 7.65. The van der Waals surface area contributed by atoms with Crippen molar-refractivity contribution in [2.45, 2.75) is 18.2 Å². The van der Waals surface area contributed by atoms with Crippen molar-refractivity contribution in [3.8, 4) is 0 Å². The van der Waals surface area contributed by atoms with Crippen LogP contribution in [0.15, 0.2) is 23.1 Å². The number of benzene rings is 1. The minimum absolute atomic E-state index is 0.0185.